The number of hydrogen-bond donors (Lipinski definition) is 1. The Morgan fingerprint density at radius 2 is 2.60 bits per heavy atom. The average Bonchev–Trinajstić information content (AvgIpc) is 2.78. The van der Waals surface area contributed by atoms with Crippen molar-refractivity contribution in [3.8, 4) is 0 Å². The van der Waals surface area contributed by atoms with Gasteiger partial charge in [-0.3, -0.25) is 0 Å². The average molecular weight is 210 g/mol. The highest BCUT2D eigenvalue weighted by molar-refractivity contribution is 5.86. The molecule has 1 aliphatic heterocycles. The number of carbonyl (C=O) groups is 1. The molecule has 0 aliphatic carbocycles. The monoisotopic (exact) mass is 210 g/mol. The molecule has 2 rings (SSSR count). The first kappa shape index (κ1) is 10.2. The number of aromatic nitrogens is 2. The van der Waals surface area contributed by atoms with E-state index >= 15 is 0 Å². The lowest BCUT2D eigenvalue weighted by Gasteiger charge is -2.19. The summed E-state index contributed by atoms with van der Waals surface area (Å²) in [6.45, 7) is 1.50. The Kier molecular flexibility index (Phi) is 3.01. The normalized spacial score (nSPS) is 21.3. The van der Waals surface area contributed by atoms with E-state index in [4.69, 9.17) is 4.74 Å². The molecule has 0 bridgehead atoms. The van der Waals surface area contributed by atoms with Crippen LogP contribution >= 0.6 is 0 Å². The molecule has 0 amide bonds. The number of rotatable bonds is 2. The van der Waals surface area contributed by atoms with Crippen molar-refractivity contribution in [1.82, 2.24) is 9.97 Å². The molecule has 1 fully saturated rings. The SMILES string of the molecule is COC(=O)c1cnc(C2CCCOC2)[nH]1. The van der Waals surface area contributed by atoms with E-state index in [1.807, 2.05) is 0 Å². The molecule has 1 aromatic heterocycles. The third-order valence-electron chi connectivity index (χ3n) is 2.55. The van der Waals surface area contributed by atoms with Crippen LogP contribution in [0.15, 0.2) is 6.20 Å². The molecule has 15 heavy (non-hydrogen) atoms. The minimum atomic E-state index is -0.384. The van der Waals surface area contributed by atoms with Crippen LogP contribution in [0.2, 0.25) is 0 Å². The number of nitrogens with one attached hydrogen (secondary N) is 1. The maximum Gasteiger partial charge on any atom is 0.356 e. The third kappa shape index (κ3) is 2.18. The standard InChI is InChI=1S/C10H14N2O3/c1-14-10(13)8-5-11-9(12-8)7-3-2-4-15-6-7/h5,7H,2-4,6H2,1H3,(H,11,12). The van der Waals surface area contributed by atoms with Gasteiger partial charge in [0.2, 0.25) is 0 Å². The summed E-state index contributed by atoms with van der Waals surface area (Å²) in [6, 6.07) is 0. The molecule has 1 saturated heterocycles. The van der Waals surface area contributed by atoms with Gasteiger partial charge in [-0.05, 0) is 12.8 Å². The van der Waals surface area contributed by atoms with Crippen molar-refractivity contribution in [3.05, 3.63) is 17.7 Å². The summed E-state index contributed by atoms with van der Waals surface area (Å²) in [5.74, 6) is 0.706. The number of esters is 1. The van der Waals surface area contributed by atoms with E-state index < -0.39 is 0 Å². The molecular weight excluding hydrogens is 196 g/mol. The van der Waals surface area contributed by atoms with Crippen LogP contribution in [-0.4, -0.2) is 36.3 Å². The molecule has 0 radical (unpaired) electrons. The van der Waals surface area contributed by atoms with Gasteiger partial charge in [-0.2, -0.15) is 0 Å². The minimum absolute atomic E-state index is 0.275. The minimum Gasteiger partial charge on any atom is -0.464 e. The number of ether oxygens (including phenoxy) is 2. The van der Waals surface area contributed by atoms with Crippen molar-refractivity contribution in [2.45, 2.75) is 18.8 Å². The van der Waals surface area contributed by atoms with E-state index in [9.17, 15) is 4.79 Å². The van der Waals surface area contributed by atoms with Crippen molar-refractivity contribution in [2.75, 3.05) is 20.3 Å². The molecule has 2 heterocycles. The Labute approximate surface area is 87.8 Å². The summed E-state index contributed by atoms with van der Waals surface area (Å²) in [6.07, 6.45) is 3.60. The van der Waals surface area contributed by atoms with Crippen molar-refractivity contribution in [1.29, 1.82) is 0 Å². The predicted molar refractivity (Wildman–Crippen MR) is 52.7 cm³/mol. The fourth-order valence-electron chi connectivity index (χ4n) is 1.71. The van der Waals surface area contributed by atoms with Crippen LogP contribution in [-0.2, 0) is 9.47 Å². The van der Waals surface area contributed by atoms with Gasteiger partial charge in [-0.25, -0.2) is 9.78 Å². The maximum atomic E-state index is 11.2. The van der Waals surface area contributed by atoms with E-state index in [1.54, 1.807) is 0 Å². The lowest BCUT2D eigenvalue weighted by molar-refractivity contribution is 0.0593. The highest BCUT2D eigenvalue weighted by atomic mass is 16.5. The van der Waals surface area contributed by atoms with Gasteiger partial charge < -0.3 is 14.5 Å². The number of hydrogen-bond acceptors (Lipinski definition) is 4. The van der Waals surface area contributed by atoms with Crippen LogP contribution < -0.4 is 0 Å². The summed E-state index contributed by atoms with van der Waals surface area (Å²) in [4.78, 5) is 18.3. The highest BCUT2D eigenvalue weighted by Crippen LogP contribution is 2.22. The summed E-state index contributed by atoms with van der Waals surface area (Å²) >= 11 is 0. The fraction of sp³-hybridized carbons (Fsp3) is 0.600. The topological polar surface area (TPSA) is 64.2 Å². The van der Waals surface area contributed by atoms with Gasteiger partial charge in [-0.1, -0.05) is 0 Å². The number of methoxy groups -OCH3 is 1. The van der Waals surface area contributed by atoms with Gasteiger partial charge in [0.05, 0.1) is 19.9 Å². The summed E-state index contributed by atoms with van der Waals surface area (Å²) in [5, 5.41) is 0. The molecular formula is C10H14N2O3. The second-order valence-electron chi connectivity index (χ2n) is 3.59. The summed E-state index contributed by atoms with van der Waals surface area (Å²) in [7, 11) is 1.35. The molecule has 1 unspecified atom stereocenters. The Morgan fingerprint density at radius 1 is 1.73 bits per heavy atom. The molecule has 5 nitrogen and oxygen atoms in total. The molecule has 1 aromatic rings. The Bertz CT molecular complexity index is 342. The summed E-state index contributed by atoms with van der Waals surface area (Å²) in [5.41, 5.74) is 0.401. The molecule has 1 atom stereocenters. The van der Waals surface area contributed by atoms with Crippen LogP contribution in [0.3, 0.4) is 0 Å². The Morgan fingerprint density at radius 3 is 3.27 bits per heavy atom. The van der Waals surface area contributed by atoms with Gasteiger partial charge in [0.25, 0.3) is 0 Å². The third-order valence-corrected chi connectivity index (χ3v) is 2.55. The Hall–Kier alpha value is -1.36. The van der Waals surface area contributed by atoms with Gasteiger partial charge in [-0.15, -0.1) is 0 Å². The number of carbonyl (C=O) groups excluding carboxylic acids is 1. The van der Waals surface area contributed by atoms with Crippen LogP contribution in [0.4, 0.5) is 0 Å². The molecule has 82 valence electrons. The fourth-order valence-corrected chi connectivity index (χ4v) is 1.71. The van der Waals surface area contributed by atoms with Crippen molar-refractivity contribution in [2.24, 2.45) is 0 Å². The first-order valence-corrected chi connectivity index (χ1v) is 5.02. The van der Waals surface area contributed by atoms with E-state index in [-0.39, 0.29) is 11.9 Å². The second-order valence-corrected chi connectivity index (χ2v) is 3.59. The molecule has 0 saturated carbocycles. The van der Waals surface area contributed by atoms with Crippen LogP contribution in [0.25, 0.3) is 0 Å². The van der Waals surface area contributed by atoms with E-state index in [0.717, 1.165) is 25.3 Å². The zero-order valence-electron chi connectivity index (χ0n) is 8.66. The second kappa shape index (κ2) is 4.44. The summed E-state index contributed by atoms with van der Waals surface area (Å²) < 4.78 is 9.95. The number of aromatic amines is 1. The molecule has 0 spiro atoms. The van der Waals surface area contributed by atoms with Crippen LogP contribution in [0.1, 0.15) is 35.1 Å². The van der Waals surface area contributed by atoms with Gasteiger partial charge in [0.15, 0.2) is 0 Å². The van der Waals surface area contributed by atoms with E-state index in [2.05, 4.69) is 14.7 Å². The number of imidazole rings is 1. The van der Waals surface area contributed by atoms with Crippen LogP contribution in [0, 0.1) is 0 Å². The first-order chi connectivity index (χ1) is 7.31. The van der Waals surface area contributed by atoms with E-state index in [0.29, 0.717) is 12.3 Å². The van der Waals surface area contributed by atoms with E-state index in [1.165, 1.54) is 13.3 Å². The van der Waals surface area contributed by atoms with Crippen molar-refractivity contribution in [3.63, 3.8) is 0 Å². The quantitative estimate of drug-likeness (QED) is 0.742. The molecule has 1 aliphatic rings. The lowest BCUT2D eigenvalue weighted by Crippen LogP contribution is -2.16. The number of H-pyrrole nitrogens is 1. The van der Waals surface area contributed by atoms with Crippen LogP contribution in [0.5, 0.6) is 0 Å². The zero-order valence-corrected chi connectivity index (χ0v) is 8.66. The first-order valence-electron chi connectivity index (χ1n) is 5.02. The Balaban J connectivity index is 2.08. The maximum absolute atomic E-state index is 11.2. The van der Waals surface area contributed by atoms with Gasteiger partial charge >= 0.3 is 5.97 Å². The highest BCUT2D eigenvalue weighted by Gasteiger charge is 2.20. The molecule has 0 aromatic carbocycles. The van der Waals surface area contributed by atoms with Gasteiger partial charge in [0.1, 0.15) is 11.5 Å². The zero-order chi connectivity index (χ0) is 10.7. The largest absolute Gasteiger partial charge is 0.464 e. The van der Waals surface area contributed by atoms with Crippen molar-refractivity contribution >= 4 is 5.97 Å². The molecule has 1 N–H and O–H groups in total. The molecule has 5 heteroatoms. The smallest absolute Gasteiger partial charge is 0.356 e. The van der Waals surface area contributed by atoms with Crippen molar-refractivity contribution < 1.29 is 14.3 Å². The number of nitrogens with zero attached hydrogens (tertiary/aromatic N) is 1. The lowest BCUT2D eigenvalue weighted by atomic mass is 10.0. The predicted octanol–water partition coefficient (Wildman–Crippen LogP) is 1.09. The van der Waals surface area contributed by atoms with Gasteiger partial charge in [0, 0.05) is 12.5 Å².